The van der Waals surface area contributed by atoms with E-state index in [0.717, 1.165) is 17.1 Å². The number of rotatable bonds is 2. The normalized spacial score (nSPS) is 21.2. The van der Waals surface area contributed by atoms with Crippen LogP contribution in [0.3, 0.4) is 0 Å². The fourth-order valence-corrected chi connectivity index (χ4v) is 2.28. The van der Waals surface area contributed by atoms with Gasteiger partial charge in [-0.15, -0.1) is 0 Å². The zero-order valence-corrected chi connectivity index (χ0v) is 11.2. The second-order valence-corrected chi connectivity index (χ2v) is 4.63. The van der Waals surface area contributed by atoms with Gasteiger partial charge in [-0.1, -0.05) is 18.2 Å². The quantitative estimate of drug-likeness (QED) is 0.898. The van der Waals surface area contributed by atoms with Crippen LogP contribution in [0, 0.1) is 0 Å². The first-order valence-corrected chi connectivity index (χ1v) is 6.50. The van der Waals surface area contributed by atoms with Crippen molar-refractivity contribution < 1.29 is 19.3 Å². The van der Waals surface area contributed by atoms with Crippen LogP contribution in [-0.2, 0) is 4.74 Å². The van der Waals surface area contributed by atoms with E-state index in [0.29, 0.717) is 18.8 Å². The predicted molar refractivity (Wildman–Crippen MR) is 74.9 cm³/mol. The Labute approximate surface area is 117 Å². The molecule has 1 aliphatic carbocycles. The van der Waals surface area contributed by atoms with Crippen molar-refractivity contribution in [1.82, 2.24) is 0 Å². The van der Waals surface area contributed by atoms with Crippen molar-refractivity contribution in [2.24, 2.45) is 0 Å². The molecule has 3 rings (SSSR count). The van der Waals surface area contributed by atoms with Crippen molar-refractivity contribution in [2.75, 3.05) is 13.7 Å². The number of para-hydroxylation sites is 2. The maximum Gasteiger partial charge on any atom is 0.162 e. The number of methoxy groups -OCH3 is 1. The zero-order chi connectivity index (χ0) is 13.9. The molecule has 1 aromatic rings. The summed E-state index contributed by atoms with van der Waals surface area (Å²) in [4.78, 5) is 0. The molecule has 0 bridgehead atoms. The Morgan fingerprint density at radius 3 is 2.80 bits per heavy atom. The smallest absolute Gasteiger partial charge is 0.162 e. The Hall–Kier alpha value is -2.36. The van der Waals surface area contributed by atoms with Gasteiger partial charge in [-0.2, -0.15) is 0 Å². The van der Waals surface area contributed by atoms with Crippen molar-refractivity contribution in [3.63, 3.8) is 0 Å². The molecule has 0 saturated heterocycles. The minimum absolute atomic E-state index is 0.125. The fraction of sp³-hybridized carbons (Fsp3) is 0.250. The van der Waals surface area contributed by atoms with Crippen LogP contribution in [0.4, 0.5) is 0 Å². The van der Waals surface area contributed by atoms with E-state index >= 15 is 0 Å². The summed E-state index contributed by atoms with van der Waals surface area (Å²) in [6.07, 6.45) is 5.83. The Balaban J connectivity index is 1.81. The summed E-state index contributed by atoms with van der Waals surface area (Å²) in [5, 5.41) is 9.77. The van der Waals surface area contributed by atoms with Crippen LogP contribution in [0.15, 0.2) is 59.6 Å². The first-order chi connectivity index (χ1) is 9.78. The number of aliphatic hydroxyl groups excluding tert-OH is 1. The highest BCUT2D eigenvalue weighted by Crippen LogP contribution is 2.33. The molecule has 1 heterocycles. The summed E-state index contributed by atoms with van der Waals surface area (Å²) >= 11 is 0. The number of hydrogen-bond donors (Lipinski definition) is 1. The molecule has 1 aliphatic heterocycles. The number of ether oxygens (including phenoxy) is 3. The highest BCUT2D eigenvalue weighted by molar-refractivity contribution is 5.42. The van der Waals surface area contributed by atoms with E-state index in [9.17, 15) is 5.11 Å². The third-order valence-electron chi connectivity index (χ3n) is 3.37. The molecule has 0 saturated carbocycles. The van der Waals surface area contributed by atoms with Crippen molar-refractivity contribution in [3.05, 3.63) is 59.6 Å². The molecule has 0 aromatic heterocycles. The molecule has 0 spiro atoms. The number of fused-ring (bicyclic) bond motifs is 1. The third kappa shape index (κ3) is 2.37. The van der Waals surface area contributed by atoms with E-state index in [1.54, 1.807) is 6.08 Å². The van der Waals surface area contributed by atoms with Gasteiger partial charge in [0.1, 0.15) is 6.61 Å². The average molecular weight is 272 g/mol. The van der Waals surface area contributed by atoms with Crippen molar-refractivity contribution in [3.8, 4) is 11.5 Å². The van der Waals surface area contributed by atoms with Gasteiger partial charge in [0.05, 0.1) is 7.11 Å². The second-order valence-electron chi connectivity index (χ2n) is 4.63. The van der Waals surface area contributed by atoms with Crippen LogP contribution in [-0.4, -0.2) is 24.9 Å². The van der Waals surface area contributed by atoms with Gasteiger partial charge in [0.25, 0.3) is 0 Å². The highest BCUT2D eigenvalue weighted by Gasteiger charge is 2.24. The van der Waals surface area contributed by atoms with Gasteiger partial charge < -0.3 is 19.3 Å². The lowest BCUT2D eigenvalue weighted by Crippen LogP contribution is -2.30. The minimum Gasteiger partial charge on any atom is -0.504 e. The van der Waals surface area contributed by atoms with Crippen molar-refractivity contribution in [2.45, 2.75) is 12.5 Å². The molecular formula is C16H16O4. The molecule has 0 unspecified atom stereocenters. The molecule has 1 N–H and O–H groups in total. The molecule has 0 amide bonds. The van der Waals surface area contributed by atoms with Crippen LogP contribution in [0.25, 0.3) is 0 Å². The molecule has 104 valence electrons. The van der Waals surface area contributed by atoms with Crippen molar-refractivity contribution in [1.29, 1.82) is 0 Å². The van der Waals surface area contributed by atoms with Crippen LogP contribution in [0.5, 0.6) is 11.5 Å². The monoisotopic (exact) mass is 272 g/mol. The first kappa shape index (κ1) is 12.7. The Morgan fingerprint density at radius 1 is 1.20 bits per heavy atom. The van der Waals surface area contributed by atoms with Crippen LogP contribution in [0.1, 0.15) is 6.42 Å². The van der Waals surface area contributed by atoms with Gasteiger partial charge in [-0.3, -0.25) is 0 Å². The van der Waals surface area contributed by atoms with Gasteiger partial charge in [0.15, 0.2) is 29.1 Å². The van der Waals surface area contributed by atoms with E-state index in [-0.39, 0.29) is 11.9 Å². The Kier molecular flexibility index (Phi) is 3.37. The van der Waals surface area contributed by atoms with E-state index in [1.807, 2.05) is 36.4 Å². The number of hydrogen-bond acceptors (Lipinski definition) is 4. The standard InChI is InChI=1S/C16H16O4/c1-18-13-9-7-11(6-8-12(13)17)16-10-19-14-4-2-3-5-15(14)20-16/h2-6,8-9,16-17H,7,10H2,1H3/t16-/m0/s1. The molecule has 4 nitrogen and oxygen atoms in total. The fourth-order valence-electron chi connectivity index (χ4n) is 2.28. The molecule has 4 heteroatoms. The number of allylic oxidation sites excluding steroid dienone is 3. The van der Waals surface area contributed by atoms with E-state index in [4.69, 9.17) is 14.2 Å². The first-order valence-electron chi connectivity index (χ1n) is 6.50. The summed E-state index contributed by atoms with van der Waals surface area (Å²) in [5.74, 6) is 2.12. The van der Waals surface area contributed by atoms with Gasteiger partial charge in [-0.25, -0.2) is 0 Å². The Morgan fingerprint density at radius 2 is 2.00 bits per heavy atom. The summed E-state index contributed by atoms with van der Waals surface area (Å²) in [7, 11) is 1.54. The van der Waals surface area contributed by atoms with E-state index in [2.05, 4.69) is 0 Å². The van der Waals surface area contributed by atoms with E-state index < -0.39 is 0 Å². The summed E-state index contributed by atoms with van der Waals surface area (Å²) in [6.45, 7) is 0.466. The summed E-state index contributed by atoms with van der Waals surface area (Å²) < 4.78 is 16.8. The molecule has 1 atom stereocenters. The van der Waals surface area contributed by atoms with Crippen LogP contribution < -0.4 is 9.47 Å². The SMILES string of the molecule is COC1=CCC([C@@H]2COc3ccccc3O2)=CC=C1O. The Bertz CT molecular complexity index is 598. The molecule has 20 heavy (non-hydrogen) atoms. The molecule has 0 fully saturated rings. The maximum atomic E-state index is 9.77. The topological polar surface area (TPSA) is 47.9 Å². The number of aliphatic hydroxyl groups is 1. The molecular weight excluding hydrogens is 256 g/mol. The maximum absolute atomic E-state index is 9.77. The number of benzene rings is 1. The third-order valence-corrected chi connectivity index (χ3v) is 3.37. The highest BCUT2D eigenvalue weighted by atomic mass is 16.6. The second kappa shape index (κ2) is 5.33. The summed E-state index contributed by atoms with van der Waals surface area (Å²) in [5.41, 5.74) is 1.04. The lowest BCUT2D eigenvalue weighted by Gasteiger charge is -2.27. The van der Waals surface area contributed by atoms with Gasteiger partial charge in [0, 0.05) is 0 Å². The van der Waals surface area contributed by atoms with Crippen molar-refractivity contribution >= 4 is 0 Å². The molecule has 2 aliphatic rings. The van der Waals surface area contributed by atoms with Crippen LogP contribution in [0.2, 0.25) is 0 Å². The molecule has 0 radical (unpaired) electrons. The molecule has 1 aromatic carbocycles. The predicted octanol–water partition coefficient (Wildman–Crippen LogP) is 3.13. The summed E-state index contributed by atoms with van der Waals surface area (Å²) in [6, 6.07) is 7.62. The lowest BCUT2D eigenvalue weighted by molar-refractivity contribution is 0.114. The van der Waals surface area contributed by atoms with Gasteiger partial charge in [0.2, 0.25) is 0 Å². The van der Waals surface area contributed by atoms with Gasteiger partial charge in [-0.05, 0) is 36.3 Å². The minimum atomic E-state index is -0.151. The van der Waals surface area contributed by atoms with Crippen LogP contribution >= 0.6 is 0 Å². The zero-order valence-electron chi connectivity index (χ0n) is 11.2. The van der Waals surface area contributed by atoms with Gasteiger partial charge >= 0.3 is 0 Å². The van der Waals surface area contributed by atoms with E-state index in [1.165, 1.54) is 7.11 Å². The average Bonchev–Trinajstić information content (AvgIpc) is 2.68. The largest absolute Gasteiger partial charge is 0.504 e. The lowest BCUT2D eigenvalue weighted by atomic mass is 10.1.